The van der Waals surface area contributed by atoms with Gasteiger partial charge in [-0.25, -0.2) is 0 Å². The minimum Gasteiger partial charge on any atom is -0.503 e. The van der Waals surface area contributed by atoms with E-state index >= 15 is 0 Å². The van der Waals surface area contributed by atoms with Gasteiger partial charge in [0.1, 0.15) is 0 Å². The van der Waals surface area contributed by atoms with Crippen LogP contribution in [0.2, 0.25) is 0 Å². The van der Waals surface area contributed by atoms with Gasteiger partial charge in [0.25, 0.3) is 14.8 Å². The largest absolute Gasteiger partial charge is 0.503 e. The zero-order valence-electron chi connectivity index (χ0n) is 5.62. The molecular formula is C8H6BrOS+. The third-order valence-electron chi connectivity index (χ3n) is 1.59. The molecule has 2 rings (SSSR count). The van der Waals surface area contributed by atoms with Crippen molar-refractivity contribution in [3.05, 3.63) is 29.6 Å². The van der Waals surface area contributed by atoms with Crippen molar-refractivity contribution in [3.8, 4) is 5.75 Å². The van der Waals surface area contributed by atoms with Crippen LogP contribution in [-0.2, 0) is 0 Å². The highest BCUT2D eigenvalue weighted by Gasteiger charge is 2.13. The molecule has 1 unspecified atom stereocenters. The molecule has 1 heterocycles. The van der Waals surface area contributed by atoms with E-state index in [1.165, 1.54) is 0 Å². The Hall–Kier alpha value is -0.540. The van der Waals surface area contributed by atoms with Gasteiger partial charge in [0.2, 0.25) is 4.70 Å². The van der Waals surface area contributed by atoms with Gasteiger partial charge in [0.15, 0.2) is 11.1 Å². The maximum absolute atomic E-state index is 9.44. The second kappa shape index (κ2) is 2.50. The van der Waals surface area contributed by atoms with E-state index in [0.717, 1.165) is 10.1 Å². The fourth-order valence-electron chi connectivity index (χ4n) is 1.09. The molecule has 0 aliphatic rings. The van der Waals surface area contributed by atoms with Crippen molar-refractivity contribution in [1.82, 2.24) is 0 Å². The number of benzene rings is 1. The van der Waals surface area contributed by atoms with E-state index in [1.807, 2.05) is 23.6 Å². The van der Waals surface area contributed by atoms with Crippen LogP contribution in [0.15, 0.2) is 29.6 Å². The highest BCUT2D eigenvalue weighted by molar-refractivity contribution is 9.34. The topological polar surface area (TPSA) is 20.2 Å². The van der Waals surface area contributed by atoms with Crippen molar-refractivity contribution in [3.63, 3.8) is 0 Å². The zero-order valence-corrected chi connectivity index (χ0v) is 8.02. The van der Waals surface area contributed by atoms with E-state index < -0.39 is 0 Å². The molecule has 1 nitrogen and oxygen atoms in total. The van der Waals surface area contributed by atoms with Crippen LogP contribution in [0, 0.1) is 0 Å². The van der Waals surface area contributed by atoms with Crippen LogP contribution < -0.4 is 0 Å². The summed E-state index contributed by atoms with van der Waals surface area (Å²) < 4.78 is 1.01. The molecule has 0 amide bonds. The van der Waals surface area contributed by atoms with E-state index in [1.54, 1.807) is 6.07 Å². The number of halogens is 1. The Kier molecular flexibility index (Phi) is 1.62. The van der Waals surface area contributed by atoms with Crippen molar-refractivity contribution in [1.29, 1.82) is 0 Å². The second-order valence-corrected chi connectivity index (χ2v) is 5.62. The number of thiophene rings is 1. The van der Waals surface area contributed by atoms with Crippen molar-refractivity contribution in [2.45, 2.75) is 0 Å². The lowest BCUT2D eigenvalue weighted by molar-refractivity contribution is 0.482. The van der Waals surface area contributed by atoms with Gasteiger partial charge in [-0.2, -0.15) is 0 Å². The van der Waals surface area contributed by atoms with Crippen molar-refractivity contribution in [2.75, 3.05) is 0 Å². The summed E-state index contributed by atoms with van der Waals surface area (Å²) in [5.41, 5.74) is 0. The van der Waals surface area contributed by atoms with Crippen molar-refractivity contribution >= 4 is 33.8 Å². The molecule has 0 spiro atoms. The normalized spacial score (nSPS) is 12.3. The maximum Gasteiger partial charge on any atom is 0.269 e. The third kappa shape index (κ3) is 1.04. The molecule has 56 valence electrons. The van der Waals surface area contributed by atoms with Crippen LogP contribution in [-0.4, -0.2) is 5.11 Å². The number of fused-ring (bicyclic) bond motifs is 1. The summed E-state index contributed by atoms with van der Waals surface area (Å²) in [6.07, 6.45) is 0. The van der Waals surface area contributed by atoms with Gasteiger partial charge in [-0.3, -0.25) is 0 Å². The molecule has 0 saturated carbocycles. The quantitative estimate of drug-likeness (QED) is 0.687. The number of hydrogen-bond acceptors (Lipinski definition) is 1. The summed E-state index contributed by atoms with van der Waals surface area (Å²) >= 11 is 3.47. The minimum atomic E-state index is -0.0774. The molecule has 0 aliphatic carbocycles. The smallest absolute Gasteiger partial charge is 0.269 e. The highest BCUT2D eigenvalue weighted by Crippen LogP contribution is 2.41. The summed E-state index contributed by atoms with van der Waals surface area (Å²) in [7, 11) is -0.0774. The SMILES string of the molecule is Oc1cccc2cc[s+](Br)c12. The minimum absolute atomic E-state index is 0.0774. The molecule has 0 fully saturated rings. The third-order valence-corrected chi connectivity index (χ3v) is 4.42. The Morgan fingerprint density at radius 3 is 2.82 bits per heavy atom. The summed E-state index contributed by atoms with van der Waals surface area (Å²) in [5.74, 6) is 0.382. The van der Waals surface area contributed by atoms with Crippen molar-refractivity contribution in [2.24, 2.45) is 0 Å². The Balaban J connectivity index is 2.96. The van der Waals surface area contributed by atoms with Gasteiger partial charge >= 0.3 is 0 Å². The lowest BCUT2D eigenvalue weighted by Gasteiger charge is -1.87. The molecule has 11 heavy (non-hydrogen) atoms. The summed E-state index contributed by atoms with van der Waals surface area (Å²) in [6, 6.07) is 7.59. The van der Waals surface area contributed by atoms with E-state index in [0.29, 0.717) is 5.75 Å². The first-order valence-electron chi connectivity index (χ1n) is 3.18. The maximum atomic E-state index is 9.44. The van der Waals surface area contributed by atoms with E-state index in [9.17, 15) is 5.11 Å². The van der Waals surface area contributed by atoms with Crippen LogP contribution >= 0.6 is 23.7 Å². The lowest BCUT2D eigenvalue weighted by atomic mass is 10.2. The first kappa shape index (κ1) is 7.13. The number of rotatable bonds is 0. The highest BCUT2D eigenvalue weighted by atomic mass is 79.9. The van der Waals surface area contributed by atoms with E-state index in [2.05, 4.69) is 14.8 Å². The number of phenols is 1. The molecule has 0 radical (unpaired) electrons. The Bertz CT molecular complexity index is 394. The van der Waals surface area contributed by atoms with Crippen LogP contribution in [0.25, 0.3) is 10.1 Å². The molecule has 2 aromatic rings. The van der Waals surface area contributed by atoms with Crippen LogP contribution in [0.3, 0.4) is 0 Å². The first-order valence-corrected chi connectivity index (χ1v) is 6.31. The average Bonchev–Trinajstić information content (AvgIpc) is 2.34. The standard InChI is InChI=1S/C8H5BrOS/c9-11-5-4-6-2-1-3-7(10)8(6)11/h1-5H/p+1. The average molecular weight is 230 g/mol. The van der Waals surface area contributed by atoms with Crippen LogP contribution in [0.4, 0.5) is 0 Å². The lowest BCUT2D eigenvalue weighted by Crippen LogP contribution is -1.63. The van der Waals surface area contributed by atoms with Crippen LogP contribution in [0.1, 0.15) is 0 Å². The summed E-state index contributed by atoms with van der Waals surface area (Å²) in [4.78, 5) is 0. The van der Waals surface area contributed by atoms with E-state index in [4.69, 9.17) is 0 Å². The Morgan fingerprint density at radius 2 is 2.09 bits per heavy atom. The molecule has 1 aromatic carbocycles. The van der Waals surface area contributed by atoms with Crippen LogP contribution in [0.5, 0.6) is 5.75 Å². The Labute approximate surface area is 74.5 Å². The summed E-state index contributed by atoms with van der Waals surface area (Å²) in [5, 5.41) is 12.6. The van der Waals surface area contributed by atoms with Gasteiger partial charge in [0, 0.05) is 11.5 Å². The van der Waals surface area contributed by atoms with Gasteiger partial charge in [-0.05, 0) is 12.1 Å². The molecule has 1 N–H and O–H groups in total. The summed E-state index contributed by atoms with van der Waals surface area (Å²) in [6.45, 7) is 0. The number of phenolic OH excluding ortho intramolecular Hbond substituents is 1. The fourth-order valence-corrected chi connectivity index (χ4v) is 3.50. The molecule has 0 aliphatic heterocycles. The van der Waals surface area contributed by atoms with Gasteiger partial charge in [0.05, 0.1) is 8.90 Å². The van der Waals surface area contributed by atoms with Gasteiger partial charge < -0.3 is 5.11 Å². The molecule has 0 saturated heterocycles. The van der Waals surface area contributed by atoms with E-state index in [-0.39, 0.29) is 8.90 Å². The predicted molar refractivity (Wildman–Crippen MR) is 52.4 cm³/mol. The zero-order chi connectivity index (χ0) is 7.84. The number of aromatic hydroxyl groups is 1. The predicted octanol–water partition coefficient (Wildman–Crippen LogP) is 3.45. The first-order chi connectivity index (χ1) is 5.29. The van der Waals surface area contributed by atoms with Crippen molar-refractivity contribution < 1.29 is 5.11 Å². The van der Waals surface area contributed by atoms with Gasteiger partial charge in [-0.15, -0.1) is 0 Å². The number of hydrogen-bond donors (Lipinski definition) is 1. The molecule has 0 bridgehead atoms. The molecule has 1 atom stereocenters. The second-order valence-electron chi connectivity index (χ2n) is 2.28. The monoisotopic (exact) mass is 229 g/mol. The Morgan fingerprint density at radius 1 is 1.27 bits per heavy atom. The molecule has 3 heteroatoms. The molecule has 1 aromatic heterocycles. The van der Waals surface area contributed by atoms with Gasteiger partial charge in [-0.1, -0.05) is 6.07 Å². The molecular weight excluding hydrogens is 224 g/mol. The fraction of sp³-hybridized carbons (Fsp3) is 0.